The lowest BCUT2D eigenvalue weighted by atomic mass is 9.88. The summed E-state index contributed by atoms with van der Waals surface area (Å²) in [5.74, 6) is 0.929. The van der Waals surface area contributed by atoms with E-state index >= 15 is 0 Å². The van der Waals surface area contributed by atoms with Gasteiger partial charge in [-0.3, -0.25) is 0 Å². The van der Waals surface area contributed by atoms with Crippen LogP contribution in [0.3, 0.4) is 0 Å². The lowest BCUT2D eigenvalue weighted by Crippen LogP contribution is -2.25. The lowest BCUT2D eigenvalue weighted by Gasteiger charge is -2.23. The Bertz CT molecular complexity index is 338. The zero-order valence-electron chi connectivity index (χ0n) is 12.5. The summed E-state index contributed by atoms with van der Waals surface area (Å²) in [4.78, 5) is 8.92. The number of rotatable bonds is 6. The van der Waals surface area contributed by atoms with E-state index in [0.29, 0.717) is 5.41 Å². The van der Waals surface area contributed by atoms with Gasteiger partial charge in [0.1, 0.15) is 5.82 Å². The van der Waals surface area contributed by atoms with Crippen LogP contribution < -0.4 is 5.32 Å². The van der Waals surface area contributed by atoms with Crippen molar-refractivity contribution in [3.63, 3.8) is 0 Å². The number of hydrogen-bond acceptors (Lipinski definition) is 3. The summed E-state index contributed by atoms with van der Waals surface area (Å²) in [7, 11) is 0. The van der Waals surface area contributed by atoms with Gasteiger partial charge in [-0.1, -0.05) is 27.7 Å². The van der Waals surface area contributed by atoms with Crippen molar-refractivity contribution in [2.75, 3.05) is 6.54 Å². The molecule has 0 saturated heterocycles. The van der Waals surface area contributed by atoms with Crippen LogP contribution in [0.2, 0.25) is 0 Å². The van der Waals surface area contributed by atoms with Crippen LogP contribution in [-0.2, 0) is 0 Å². The molecule has 1 atom stereocenters. The maximum absolute atomic E-state index is 4.46. The molecule has 0 aliphatic heterocycles. The minimum absolute atomic E-state index is 0.282. The van der Waals surface area contributed by atoms with Crippen LogP contribution in [-0.4, -0.2) is 16.5 Å². The first kappa shape index (κ1) is 15.1. The molecule has 1 unspecified atom stereocenters. The minimum atomic E-state index is 0.282. The van der Waals surface area contributed by atoms with Gasteiger partial charge < -0.3 is 5.32 Å². The molecule has 0 fully saturated rings. The van der Waals surface area contributed by atoms with E-state index in [4.69, 9.17) is 0 Å². The highest BCUT2D eigenvalue weighted by Crippen LogP contribution is 2.26. The van der Waals surface area contributed by atoms with Crippen molar-refractivity contribution in [2.24, 2.45) is 5.41 Å². The quantitative estimate of drug-likeness (QED) is 0.836. The number of nitrogens with one attached hydrogen (secondary N) is 1. The van der Waals surface area contributed by atoms with Crippen LogP contribution in [0.5, 0.6) is 0 Å². The zero-order valence-corrected chi connectivity index (χ0v) is 12.5. The van der Waals surface area contributed by atoms with E-state index in [2.05, 4.69) is 43.0 Å². The van der Waals surface area contributed by atoms with Gasteiger partial charge >= 0.3 is 0 Å². The van der Waals surface area contributed by atoms with Gasteiger partial charge in [-0.2, -0.15) is 0 Å². The van der Waals surface area contributed by atoms with Gasteiger partial charge in [0.05, 0.1) is 6.04 Å². The summed E-state index contributed by atoms with van der Waals surface area (Å²) in [6, 6.07) is 0.282. The first-order valence-electron chi connectivity index (χ1n) is 6.94. The Morgan fingerprint density at radius 1 is 1.22 bits per heavy atom. The third-order valence-electron chi connectivity index (χ3n) is 2.94. The van der Waals surface area contributed by atoms with Crippen LogP contribution >= 0.6 is 0 Å². The lowest BCUT2D eigenvalue weighted by molar-refractivity contribution is 0.327. The Balaban J connectivity index is 2.68. The van der Waals surface area contributed by atoms with Gasteiger partial charge in [0.25, 0.3) is 0 Å². The number of aromatic nitrogens is 2. The second kappa shape index (κ2) is 6.83. The summed E-state index contributed by atoms with van der Waals surface area (Å²) < 4.78 is 0. The molecule has 0 amide bonds. The normalized spacial score (nSPS) is 13.6. The molecular formula is C15H27N3. The Morgan fingerprint density at radius 2 is 1.83 bits per heavy atom. The van der Waals surface area contributed by atoms with Crippen molar-refractivity contribution in [2.45, 2.75) is 59.9 Å². The fourth-order valence-corrected chi connectivity index (χ4v) is 1.80. The van der Waals surface area contributed by atoms with Gasteiger partial charge in [0, 0.05) is 12.4 Å². The second-order valence-corrected chi connectivity index (χ2v) is 6.22. The highest BCUT2D eigenvalue weighted by Gasteiger charge is 2.18. The molecule has 1 rings (SSSR count). The SMILES string of the molecule is CCCNC(CCC(C)(C)C)c1ncc(C)cn1. The van der Waals surface area contributed by atoms with E-state index in [1.54, 1.807) is 0 Å². The predicted molar refractivity (Wildman–Crippen MR) is 76.5 cm³/mol. The van der Waals surface area contributed by atoms with Crippen molar-refractivity contribution < 1.29 is 0 Å². The molecule has 0 aliphatic carbocycles. The van der Waals surface area contributed by atoms with E-state index < -0.39 is 0 Å². The molecule has 3 nitrogen and oxygen atoms in total. The molecule has 0 aromatic carbocycles. The molecule has 3 heteroatoms. The summed E-state index contributed by atoms with van der Waals surface area (Å²) in [6.07, 6.45) is 7.20. The summed E-state index contributed by atoms with van der Waals surface area (Å²) >= 11 is 0. The molecule has 0 bridgehead atoms. The van der Waals surface area contributed by atoms with Crippen molar-refractivity contribution in [3.05, 3.63) is 23.8 Å². The van der Waals surface area contributed by atoms with Gasteiger partial charge in [-0.15, -0.1) is 0 Å². The van der Waals surface area contributed by atoms with Crippen LogP contribution in [0.1, 0.15) is 64.4 Å². The smallest absolute Gasteiger partial charge is 0.145 e. The largest absolute Gasteiger partial charge is 0.307 e. The molecule has 1 N–H and O–H groups in total. The average Bonchev–Trinajstić information content (AvgIpc) is 2.29. The molecule has 18 heavy (non-hydrogen) atoms. The minimum Gasteiger partial charge on any atom is -0.307 e. The first-order chi connectivity index (χ1) is 8.42. The van der Waals surface area contributed by atoms with Crippen LogP contribution in [0.25, 0.3) is 0 Å². The fourth-order valence-electron chi connectivity index (χ4n) is 1.80. The Morgan fingerprint density at radius 3 is 2.33 bits per heavy atom. The van der Waals surface area contributed by atoms with Crippen LogP contribution in [0, 0.1) is 12.3 Å². The monoisotopic (exact) mass is 249 g/mol. The maximum Gasteiger partial charge on any atom is 0.145 e. The average molecular weight is 249 g/mol. The standard InChI is InChI=1S/C15H27N3/c1-6-9-16-13(7-8-15(3,4)5)14-17-10-12(2)11-18-14/h10-11,13,16H,6-9H2,1-5H3. The highest BCUT2D eigenvalue weighted by molar-refractivity contribution is 5.04. The molecular weight excluding hydrogens is 222 g/mol. The number of aryl methyl sites for hydroxylation is 1. The van der Waals surface area contributed by atoms with Gasteiger partial charge in [-0.05, 0) is 43.7 Å². The molecule has 1 heterocycles. The molecule has 1 aromatic rings. The molecule has 0 saturated carbocycles. The van der Waals surface area contributed by atoms with Gasteiger partial charge in [0.2, 0.25) is 0 Å². The van der Waals surface area contributed by atoms with Crippen LogP contribution in [0.15, 0.2) is 12.4 Å². The Labute approximate surface area is 111 Å². The van der Waals surface area contributed by atoms with E-state index in [0.717, 1.165) is 30.8 Å². The van der Waals surface area contributed by atoms with Crippen molar-refractivity contribution in [3.8, 4) is 0 Å². The van der Waals surface area contributed by atoms with E-state index in [1.807, 2.05) is 19.3 Å². The molecule has 102 valence electrons. The van der Waals surface area contributed by atoms with E-state index in [9.17, 15) is 0 Å². The molecule has 0 aliphatic rings. The Kier molecular flexibility index (Phi) is 5.73. The zero-order chi connectivity index (χ0) is 13.6. The van der Waals surface area contributed by atoms with Crippen molar-refractivity contribution in [1.29, 1.82) is 0 Å². The molecule has 0 spiro atoms. The fraction of sp³-hybridized carbons (Fsp3) is 0.733. The maximum atomic E-state index is 4.46. The van der Waals surface area contributed by atoms with Crippen LogP contribution in [0.4, 0.5) is 0 Å². The summed E-state index contributed by atoms with van der Waals surface area (Å²) in [5.41, 5.74) is 1.47. The third kappa shape index (κ3) is 5.58. The van der Waals surface area contributed by atoms with Gasteiger partial charge in [0.15, 0.2) is 0 Å². The number of nitrogens with zero attached hydrogens (tertiary/aromatic N) is 2. The van der Waals surface area contributed by atoms with E-state index in [1.165, 1.54) is 6.42 Å². The number of hydrogen-bond donors (Lipinski definition) is 1. The molecule has 0 radical (unpaired) electrons. The van der Waals surface area contributed by atoms with E-state index in [-0.39, 0.29) is 6.04 Å². The summed E-state index contributed by atoms with van der Waals surface area (Å²) in [6.45, 7) is 12.1. The topological polar surface area (TPSA) is 37.8 Å². The third-order valence-corrected chi connectivity index (χ3v) is 2.94. The van der Waals surface area contributed by atoms with Crippen molar-refractivity contribution in [1.82, 2.24) is 15.3 Å². The predicted octanol–water partition coefficient (Wildman–Crippen LogP) is 3.65. The Hall–Kier alpha value is -0.960. The highest BCUT2D eigenvalue weighted by atomic mass is 15.0. The van der Waals surface area contributed by atoms with Crippen molar-refractivity contribution >= 4 is 0 Å². The molecule has 1 aromatic heterocycles. The second-order valence-electron chi connectivity index (χ2n) is 6.22. The summed E-state index contributed by atoms with van der Waals surface area (Å²) in [5, 5.41) is 3.55. The van der Waals surface area contributed by atoms with Gasteiger partial charge in [-0.25, -0.2) is 9.97 Å². The first-order valence-corrected chi connectivity index (χ1v) is 6.94.